The normalized spacial score (nSPS) is 12.7. The highest BCUT2D eigenvalue weighted by atomic mass is 35.5. The Kier molecular flexibility index (Phi) is 4.91. The number of hydrogen-bond acceptors (Lipinski definition) is 4. The maximum absolute atomic E-state index is 13.0. The van der Waals surface area contributed by atoms with Gasteiger partial charge in [-0.2, -0.15) is 13.2 Å². The van der Waals surface area contributed by atoms with E-state index in [-0.39, 0.29) is 27.9 Å². The van der Waals surface area contributed by atoms with Crippen molar-refractivity contribution in [3.8, 4) is 0 Å². The number of nitrogens with one attached hydrogen (secondary N) is 1. The molecule has 2 heterocycles. The molecule has 6 nitrogen and oxygen atoms in total. The third-order valence-electron chi connectivity index (χ3n) is 4.07. The Morgan fingerprint density at radius 1 is 1.15 bits per heavy atom. The SMILES string of the molecule is Cc1ccc(S(=O)(=O)NCc2nnc3c(Cl)cc(C(F)(F)F)cn23)cc1C. The molecule has 3 rings (SSSR count). The molecule has 0 saturated heterocycles. The van der Waals surface area contributed by atoms with Gasteiger partial charge in [-0.3, -0.25) is 4.40 Å². The molecule has 0 bridgehead atoms. The van der Waals surface area contributed by atoms with Crippen molar-refractivity contribution in [3.05, 3.63) is 58.0 Å². The third-order valence-corrected chi connectivity index (χ3v) is 5.74. The lowest BCUT2D eigenvalue weighted by atomic mass is 10.1. The molecule has 0 saturated carbocycles. The molecule has 0 atom stereocenters. The first kappa shape index (κ1) is 19.6. The Bertz CT molecular complexity index is 1130. The van der Waals surface area contributed by atoms with E-state index in [1.165, 1.54) is 12.1 Å². The molecule has 1 aromatic carbocycles. The fourth-order valence-corrected chi connectivity index (χ4v) is 3.71. The van der Waals surface area contributed by atoms with E-state index in [9.17, 15) is 21.6 Å². The Balaban J connectivity index is 1.92. The van der Waals surface area contributed by atoms with Crippen LogP contribution in [-0.2, 0) is 22.7 Å². The van der Waals surface area contributed by atoms with Gasteiger partial charge in [0.15, 0.2) is 11.5 Å². The van der Waals surface area contributed by atoms with Crippen molar-refractivity contribution in [1.29, 1.82) is 0 Å². The molecule has 0 fully saturated rings. The van der Waals surface area contributed by atoms with E-state index >= 15 is 0 Å². The van der Waals surface area contributed by atoms with Crippen LogP contribution >= 0.6 is 11.6 Å². The highest BCUT2D eigenvalue weighted by Crippen LogP contribution is 2.32. The first-order chi connectivity index (χ1) is 12.5. The van der Waals surface area contributed by atoms with Crippen molar-refractivity contribution in [2.75, 3.05) is 0 Å². The van der Waals surface area contributed by atoms with Crippen LogP contribution in [-0.4, -0.2) is 23.0 Å². The second kappa shape index (κ2) is 6.77. The van der Waals surface area contributed by atoms with Crippen LogP contribution in [0, 0.1) is 13.8 Å². The summed E-state index contributed by atoms with van der Waals surface area (Å²) >= 11 is 5.84. The zero-order chi connectivity index (χ0) is 20.0. The number of pyridine rings is 1. The number of rotatable bonds is 4. The fourth-order valence-electron chi connectivity index (χ4n) is 2.40. The number of halogens is 4. The number of fused-ring (bicyclic) bond motifs is 1. The molecule has 11 heteroatoms. The second-order valence-electron chi connectivity index (χ2n) is 5.95. The molecule has 0 amide bonds. The lowest BCUT2D eigenvalue weighted by Crippen LogP contribution is -2.24. The van der Waals surface area contributed by atoms with Crippen molar-refractivity contribution in [2.24, 2.45) is 0 Å². The summed E-state index contributed by atoms with van der Waals surface area (Å²) in [6.45, 7) is 3.28. The number of alkyl halides is 3. The van der Waals surface area contributed by atoms with Crippen LogP contribution in [0.3, 0.4) is 0 Å². The average molecular weight is 419 g/mol. The van der Waals surface area contributed by atoms with E-state index in [0.29, 0.717) is 0 Å². The van der Waals surface area contributed by atoms with Crippen LogP contribution in [0.15, 0.2) is 35.4 Å². The number of aromatic nitrogens is 3. The summed E-state index contributed by atoms with van der Waals surface area (Å²) in [5.41, 5.74) is 0.752. The minimum absolute atomic E-state index is 0.00467. The molecule has 0 unspecified atom stereocenters. The highest BCUT2D eigenvalue weighted by Gasteiger charge is 2.32. The highest BCUT2D eigenvalue weighted by molar-refractivity contribution is 7.89. The van der Waals surface area contributed by atoms with E-state index in [0.717, 1.165) is 27.8 Å². The number of benzene rings is 1. The number of hydrogen-bond donors (Lipinski definition) is 1. The first-order valence-electron chi connectivity index (χ1n) is 7.66. The van der Waals surface area contributed by atoms with Crippen molar-refractivity contribution >= 4 is 27.3 Å². The van der Waals surface area contributed by atoms with Crippen molar-refractivity contribution in [3.63, 3.8) is 0 Å². The Hall–Kier alpha value is -2.17. The molecule has 0 aliphatic heterocycles. The minimum atomic E-state index is -4.61. The van der Waals surface area contributed by atoms with Gasteiger partial charge < -0.3 is 0 Å². The molecule has 27 heavy (non-hydrogen) atoms. The third kappa shape index (κ3) is 3.92. The van der Waals surface area contributed by atoms with Crippen molar-refractivity contribution in [2.45, 2.75) is 31.5 Å². The predicted molar refractivity (Wildman–Crippen MR) is 92.9 cm³/mol. The summed E-state index contributed by atoms with van der Waals surface area (Å²) in [7, 11) is -3.88. The molecular formula is C16H14ClF3N4O2S. The molecule has 3 aromatic rings. The first-order valence-corrected chi connectivity index (χ1v) is 9.52. The molecule has 0 radical (unpaired) electrons. The van der Waals surface area contributed by atoms with E-state index in [1.807, 2.05) is 6.92 Å². The van der Waals surface area contributed by atoms with Crippen LogP contribution in [0.5, 0.6) is 0 Å². The Labute approximate surface area is 158 Å². The zero-order valence-electron chi connectivity index (χ0n) is 14.2. The quantitative estimate of drug-likeness (QED) is 0.703. The van der Waals surface area contributed by atoms with Crippen LogP contribution < -0.4 is 4.72 Å². The zero-order valence-corrected chi connectivity index (χ0v) is 15.7. The van der Waals surface area contributed by atoms with E-state index in [4.69, 9.17) is 11.6 Å². The maximum atomic E-state index is 13.0. The monoisotopic (exact) mass is 418 g/mol. The van der Waals surface area contributed by atoms with Crippen LogP contribution in [0.1, 0.15) is 22.5 Å². The minimum Gasteiger partial charge on any atom is -0.283 e. The van der Waals surface area contributed by atoms with Gasteiger partial charge in [-0.15, -0.1) is 10.2 Å². The van der Waals surface area contributed by atoms with Gasteiger partial charge in [0.25, 0.3) is 0 Å². The standard InChI is InChI=1S/C16H14ClF3N4O2S/c1-9-3-4-12(5-10(9)2)27(25,26)21-7-14-22-23-15-13(17)6-11(8-24(14)15)16(18,19)20/h3-6,8,21H,7H2,1-2H3. The summed E-state index contributed by atoms with van der Waals surface area (Å²) in [4.78, 5) is 0.0495. The lowest BCUT2D eigenvalue weighted by molar-refractivity contribution is -0.137. The fraction of sp³-hybridized carbons (Fsp3) is 0.250. The van der Waals surface area contributed by atoms with Crippen LogP contribution in [0.2, 0.25) is 5.02 Å². The van der Waals surface area contributed by atoms with Gasteiger partial charge in [0.05, 0.1) is 22.0 Å². The second-order valence-corrected chi connectivity index (χ2v) is 8.13. The molecule has 1 N–H and O–H groups in total. The van der Waals surface area contributed by atoms with Crippen LogP contribution in [0.25, 0.3) is 5.65 Å². The Morgan fingerprint density at radius 3 is 2.48 bits per heavy atom. The summed E-state index contributed by atoms with van der Waals surface area (Å²) in [5.74, 6) is -0.0228. The van der Waals surface area contributed by atoms with Gasteiger partial charge in [-0.05, 0) is 43.2 Å². The topological polar surface area (TPSA) is 76.4 Å². The molecule has 144 valence electrons. The molecule has 2 aromatic heterocycles. The molecular weight excluding hydrogens is 405 g/mol. The maximum Gasteiger partial charge on any atom is 0.417 e. The summed E-state index contributed by atoms with van der Waals surface area (Å²) < 4.78 is 67.2. The lowest BCUT2D eigenvalue weighted by Gasteiger charge is -2.10. The largest absolute Gasteiger partial charge is 0.417 e. The molecule has 0 aliphatic rings. The summed E-state index contributed by atoms with van der Waals surface area (Å²) in [6.07, 6.45) is -3.83. The number of nitrogens with zero attached hydrogens (tertiary/aromatic N) is 3. The number of aryl methyl sites for hydroxylation is 2. The van der Waals surface area contributed by atoms with Gasteiger partial charge in [0, 0.05) is 6.20 Å². The van der Waals surface area contributed by atoms with Crippen LogP contribution in [0.4, 0.5) is 13.2 Å². The summed E-state index contributed by atoms with van der Waals surface area (Å²) in [6, 6.07) is 5.38. The van der Waals surface area contributed by atoms with E-state index in [2.05, 4.69) is 14.9 Å². The molecule has 0 spiro atoms. The van der Waals surface area contributed by atoms with Crippen molar-refractivity contribution in [1.82, 2.24) is 19.3 Å². The smallest absolute Gasteiger partial charge is 0.283 e. The van der Waals surface area contributed by atoms with Gasteiger partial charge >= 0.3 is 6.18 Å². The average Bonchev–Trinajstić information content (AvgIpc) is 2.98. The van der Waals surface area contributed by atoms with E-state index in [1.54, 1.807) is 13.0 Å². The van der Waals surface area contributed by atoms with Gasteiger partial charge in [-0.25, -0.2) is 13.1 Å². The number of sulfonamides is 1. The Morgan fingerprint density at radius 2 is 1.85 bits per heavy atom. The van der Waals surface area contributed by atoms with Gasteiger partial charge in [0.1, 0.15) is 0 Å². The van der Waals surface area contributed by atoms with Gasteiger partial charge in [0.2, 0.25) is 10.0 Å². The predicted octanol–water partition coefficient (Wildman–Crippen LogP) is 3.50. The summed E-state index contributed by atoms with van der Waals surface area (Å²) in [5, 5.41) is 7.23. The van der Waals surface area contributed by atoms with Gasteiger partial charge in [-0.1, -0.05) is 17.7 Å². The van der Waals surface area contributed by atoms with E-state index < -0.39 is 21.8 Å². The molecule has 0 aliphatic carbocycles. The van der Waals surface area contributed by atoms with Crippen molar-refractivity contribution < 1.29 is 21.6 Å².